The number of carbonyl (C=O) groups excluding carboxylic acids is 1. The van der Waals surface area contributed by atoms with Crippen molar-refractivity contribution >= 4 is 11.5 Å². The van der Waals surface area contributed by atoms with Gasteiger partial charge >= 0.3 is 0 Å². The lowest BCUT2D eigenvalue weighted by atomic mass is 9.44. The molecule has 0 radical (unpaired) electrons. The van der Waals surface area contributed by atoms with E-state index in [9.17, 15) is 10.0 Å². The van der Waals surface area contributed by atoms with Crippen LogP contribution in [0.5, 0.6) is 0 Å². The van der Waals surface area contributed by atoms with Crippen LogP contribution in [0, 0.1) is 40.4 Å². The van der Waals surface area contributed by atoms with Gasteiger partial charge in [0.15, 0.2) is 0 Å². The summed E-state index contributed by atoms with van der Waals surface area (Å²) in [6, 6.07) is 0. The molecule has 3 N–H and O–H groups in total. The summed E-state index contributed by atoms with van der Waals surface area (Å²) in [5.41, 5.74) is 6.73. The molecule has 0 heterocycles. The highest BCUT2D eigenvalue weighted by molar-refractivity contribution is 5.90. The molecule has 162 valence electrons. The summed E-state index contributed by atoms with van der Waals surface area (Å²) in [5, 5.41) is 13.8. The monoisotopic (exact) mass is 400 g/mol. The molecule has 1 unspecified atom stereocenters. The van der Waals surface area contributed by atoms with Crippen LogP contribution in [-0.4, -0.2) is 23.2 Å². The minimum absolute atomic E-state index is 0.117. The van der Waals surface area contributed by atoms with Gasteiger partial charge in [0.1, 0.15) is 5.78 Å². The van der Waals surface area contributed by atoms with Crippen LogP contribution in [-0.2, 0) is 4.79 Å². The Hall–Kier alpha value is -1.16. The van der Waals surface area contributed by atoms with Gasteiger partial charge in [-0.05, 0) is 99.8 Å². The molecule has 0 aromatic rings. The first-order chi connectivity index (χ1) is 13.9. The number of Topliss-reactive ketones (excluding diaryl/α,β-unsaturated/α-hetero) is 1. The molecular formula is C25H40N2O2. The first-order valence-electron chi connectivity index (χ1n) is 12.0. The fourth-order valence-electron chi connectivity index (χ4n) is 7.85. The van der Waals surface area contributed by atoms with Crippen molar-refractivity contribution < 1.29 is 10.0 Å². The number of hydrogen-bond acceptors (Lipinski definition) is 4. The number of fused-ring (bicyclic) bond motifs is 5. The lowest BCUT2D eigenvalue weighted by Gasteiger charge is -2.60. The molecule has 0 saturated heterocycles. The van der Waals surface area contributed by atoms with Crippen LogP contribution in [0.4, 0.5) is 0 Å². The minimum Gasteiger partial charge on any atom is -0.411 e. The van der Waals surface area contributed by atoms with E-state index in [1.54, 1.807) is 0 Å². The minimum atomic E-state index is -0.117. The first-order valence-corrected chi connectivity index (χ1v) is 12.0. The van der Waals surface area contributed by atoms with E-state index >= 15 is 0 Å². The number of oxime groups is 1. The van der Waals surface area contributed by atoms with E-state index in [1.807, 2.05) is 0 Å². The normalized spacial score (nSPS) is 46.0. The Morgan fingerprint density at radius 2 is 2.00 bits per heavy atom. The van der Waals surface area contributed by atoms with E-state index in [4.69, 9.17) is 5.73 Å². The zero-order chi connectivity index (χ0) is 20.6. The molecule has 29 heavy (non-hydrogen) atoms. The molecule has 0 aromatic heterocycles. The number of hydrogen-bond donors (Lipinski definition) is 2. The van der Waals surface area contributed by atoms with Crippen molar-refractivity contribution in [2.75, 3.05) is 6.54 Å². The Morgan fingerprint density at radius 3 is 2.76 bits per heavy atom. The Balaban J connectivity index is 1.51. The van der Waals surface area contributed by atoms with Gasteiger partial charge in [0, 0.05) is 17.8 Å². The molecule has 4 nitrogen and oxygen atoms in total. The van der Waals surface area contributed by atoms with E-state index in [0.717, 1.165) is 57.2 Å². The van der Waals surface area contributed by atoms with Crippen LogP contribution < -0.4 is 5.73 Å². The standard InChI is InChI=1S/C25H40N2O2/c1-24-12-10-17(7-5-3-4-6-14-26)15-21(24)22(27-29)16-18-19-8-9-23(28)25(19,2)13-11-20(18)24/h5,7,17-21,29H,3-4,6,8-16,26H2,1-2H3/b7-5-,27-22+/t17-,18+,19+,20+,21?,24-,25+/m1/s1. The molecular weight excluding hydrogens is 360 g/mol. The van der Waals surface area contributed by atoms with Crippen LogP contribution in [0.25, 0.3) is 0 Å². The summed E-state index contributed by atoms with van der Waals surface area (Å²) in [4.78, 5) is 12.6. The summed E-state index contributed by atoms with van der Waals surface area (Å²) < 4.78 is 0. The predicted molar refractivity (Wildman–Crippen MR) is 117 cm³/mol. The lowest BCUT2D eigenvalue weighted by molar-refractivity contribution is -0.134. The Bertz CT molecular complexity index is 686. The van der Waals surface area contributed by atoms with Crippen molar-refractivity contribution in [3.05, 3.63) is 12.2 Å². The summed E-state index contributed by atoms with van der Waals surface area (Å²) in [5.74, 6) is 3.17. The number of nitrogens with zero attached hydrogens (tertiary/aromatic N) is 1. The van der Waals surface area contributed by atoms with Crippen LogP contribution >= 0.6 is 0 Å². The number of allylic oxidation sites excluding steroid dienone is 2. The molecule has 0 spiro atoms. The number of rotatable bonds is 5. The van der Waals surface area contributed by atoms with Crippen molar-refractivity contribution in [2.45, 2.75) is 84.5 Å². The van der Waals surface area contributed by atoms with Crippen molar-refractivity contribution in [1.82, 2.24) is 0 Å². The molecule has 0 bridgehead atoms. The van der Waals surface area contributed by atoms with E-state index in [0.29, 0.717) is 35.4 Å². The number of ketones is 1. The summed E-state index contributed by atoms with van der Waals surface area (Å²) >= 11 is 0. The largest absolute Gasteiger partial charge is 0.411 e. The zero-order valence-electron chi connectivity index (χ0n) is 18.4. The third-order valence-corrected chi connectivity index (χ3v) is 9.59. The Morgan fingerprint density at radius 1 is 1.17 bits per heavy atom. The molecule has 4 saturated carbocycles. The average Bonchev–Trinajstić information content (AvgIpc) is 3.02. The Kier molecular flexibility index (Phi) is 5.94. The molecule has 4 fully saturated rings. The fourth-order valence-corrected chi connectivity index (χ4v) is 7.85. The smallest absolute Gasteiger partial charge is 0.139 e. The van der Waals surface area contributed by atoms with Crippen LogP contribution in [0.1, 0.15) is 84.5 Å². The fraction of sp³-hybridized carbons (Fsp3) is 0.840. The first kappa shape index (κ1) is 21.1. The lowest BCUT2D eigenvalue weighted by Crippen LogP contribution is -2.56. The number of nitrogens with two attached hydrogens (primary N) is 1. The molecule has 0 aliphatic heterocycles. The van der Waals surface area contributed by atoms with Crippen molar-refractivity contribution in [1.29, 1.82) is 0 Å². The van der Waals surface area contributed by atoms with Gasteiger partial charge in [-0.15, -0.1) is 0 Å². The van der Waals surface area contributed by atoms with Crippen molar-refractivity contribution in [2.24, 2.45) is 51.3 Å². The van der Waals surface area contributed by atoms with Gasteiger partial charge < -0.3 is 10.9 Å². The second-order valence-electron chi connectivity index (χ2n) is 10.9. The van der Waals surface area contributed by atoms with E-state index in [-0.39, 0.29) is 10.8 Å². The van der Waals surface area contributed by atoms with Gasteiger partial charge in [0.25, 0.3) is 0 Å². The average molecular weight is 401 g/mol. The molecule has 4 aliphatic carbocycles. The SMILES string of the molecule is C[C@]12CC[C@@H](/C=C\CCCCN)CC1/C(=N/O)C[C@@H]1[C@@H]2CC[C@]2(C)C(=O)CC[C@@H]12. The van der Waals surface area contributed by atoms with Gasteiger partial charge in [-0.3, -0.25) is 4.79 Å². The van der Waals surface area contributed by atoms with E-state index < -0.39 is 0 Å². The van der Waals surface area contributed by atoms with Gasteiger partial charge in [-0.1, -0.05) is 31.2 Å². The Labute approximate surface area is 176 Å². The molecule has 4 rings (SSSR count). The molecule has 4 aliphatic rings. The van der Waals surface area contributed by atoms with E-state index in [1.165, 1.54) is 25.7 Å². The van der Waals surface area contributed by atoms with Gasteiger partial charge in [0.05, 0.1) is 5.71 Å². The summed E-state index contributed by atoms with van der Waals surface area (Å²) in [7, 11) is 0. The third-order valence-electron chi connectivity index (χ3n) is 9.59. The molecule has 0 amide bonds. The summed E-state index contributed by atoms with van der Waals surface area (Å²) in [6.07, 6.45) is 16.7. The van der Waals surface area contributed by atoms with Crippen molar-refractivity contribution in [3.63, 3.8) is 0 Å². The molecule has 4 heteroatoms. The third kappa shape index (κ3) is 3.49. The maximum absolute atomic E-state index is 12.6. The van der Waals surface area contributed by atoms with Crippen molar-refractivity contribution in [3.8, 4) is 0 Å². The van der Waals surface area contributed by atoms with Gasteiger partial charge in [-0.2, -0.15) is 0 Å². The predicted octanol–water partition coefficient (Wildman–Crippen LogP) is 5.34. The molecule has 7 atom stereocenters. The number of carbonyl (C=O) groups is 1. The second-order valence-corrected chi connectivity index (χ2v) is 10.9. The number of unbranched alkanes of at least 4 members (excludes halogenated alkanes) is 2. The highest BCUT2D eigenvalue weighted by Gasteiger charge is 2.61. The quantitative estimate of drug-likeness (QED) is 0.283. The topological polar surface area (TPSA) is 75.7 Å². The van der Waals surface area contributed by atoms with Crippen LogP contribution in [0.2, 0.25) is 0 Å². The zero-order valence-corrected chi connectivity index (χ0v) is 18.4. The summed E-state index contributed by atoms with van der Waals surface area (Å²) in [6.45, 7) is 5.47. The maximum atomic E-state index is 12.6. The second kappa shape index (κ2) is 8.17. The van der Waals surface area contributed by atoms with Crippen LogP contribution in [0.15, 0.2) is 17.3 Å². The highest BCUT2D eigenvalue weighted by atomic mass is 16.4. The van der Waals surface area contributed by atoms with Gasteiger partial charge in [0.2, 0.25) is 0 Å². The molecule has 0 aromatic carbocycles. The van der Waals surface area contributed by atoms with E-state index in [2.05, 4.69) is 31.2 Å². The highest BCUT2D eigenvalue weighted by Crippen LogP contribution is 2.65. The van der Waals surface area contributed by atoms with Crippen LogP contribution in [0.3, 0.4) is 0 Å². The van der Waals surface area contributed by atoms with Gasteiger partial charge in [-0.25, -0.2) is 0 Å². The maximum Gasteiger partial charge on any atom is 0.139 e.